The van der Waals surface area contributed by atoms with Crippen molar-refractivity contribution in [1.29, 1.82) is 0 Å². The van der Waals surface area contributed by atoms with E-state index in [1.54, 1.807) is 12.3 Å². The second kappa shape index (κ2) is 11.4. The first-order valence-electron chi connectivity index (χ1n) is 11.7. The molecule has 1 amide bonds. The van der Waals surface area contributed by atoms with E-state index in [2.05, 4.69) is 30.6 Å². The maximum atomic E-state index is 14.6. The zero-order valence-corrected chi connectivity index (χ0v) is 20.3. The second-order valence-corrected chi connectivity index (χ2v) is 7.73. The van der Waals surface area contributed by atoms with Crippen molar-refractivity contribution in [1.82, 2.24) is 25.3 Å². The lowest BCUT2D eigenvalue weighted by Crippen LogP contribution is -2.18. The van der Waals surface area contributed by atoms with Gasteiger partial charge in [-0.15, -0.1) is 0 Å². The highest BCUT2D eigenvalue weighted by atomic mass is 19.1. The van der Waals surface area contributed by atoms with Crippen molar-refractivity contribution in [3.8, 4) is 22.9 Å². The van der Waals surface area contributed by atoms with Crippen LogP contribution in [0.3, 0.4) is 0 Å². The standard InChI is InChI=1S/C26H27FN6O3/c1-4-35-21-12-17(14-31-26(21)36-5-2)20-13-22(33-15-32-20)29-10-8-16-6-7-19(27)23-18(25(34)28-3)9-11-30-24(16)23/h6-7,9,11-15H,4-5,8,10H2,1-3H3,(H,28,34)(H,29,32,33). The first-order chi connectivity index (χ1) is 17.5. The smallest absolute Gasteiger partial charge is 0.257 e. The number of carbonyl (C=O) groups is 1. The minimum absolute atomic E-state index is 0.215. The maximum absolute atomic E-state index is 14.6. The number of fused-ring (bicyclic) bond motifs is 1. The van der Waals surface area contributed by atoms with E-state index in [0.717, 1.165) is 11.1 Å². The molecule has 0 bridgehead atoms. The molecule has 0 atom stereocenters. The molecule has 9 nitrogen and oxygen atoms in total. The molecule has 0 radical (unpaired) electrons. The van der Waals surface area contributed by atoms with E-state index in [4.69, 9.17) is 9.47 Å². The van der Waals surface area contributed by atoms with E-state index in [-0.39, 0.29) is 16.9 Å². The third kappa shape index (κ3) is 5.32. The first kappa shape index (κ1) is 24.8. The van der Waals surface area contributed by atoms with Crippen LogP contribution in [0.2, 0.25) is 0 Å². The molecular weight excluding hydrogens is 463 g/mol. The number of carbonyl (C=O) groups excluding carboxylic acids is 1. The lowest BCUT2D eigenvalue weighted by Gasteiger charge is -2.12. The molecule has 1 aromatic carbocycles. The van der Waals surface area contributed by atoms with Crippen molar-refractivity contribution in [3.05, 3.63) is 66.0 Å². The van der Waals surface area contributed by atoms with Gasteiger partial charge in [0.1, 0.15) is 18.0 Å². The molecule has 36 heavy (non-hydrogen) atoms. The van der Waals surface area contributed by atoms with Gasteiger partial charge in [-0.1, -0.05) is 6.07 Å². The number of anilines is 1. The van der Waals surface area contributed by atoms with E-state index >= 15 is 0 Å². The van der Waals surface area contributed by atoms with Gasteiger partial charge in [0.2, 0.25) is 0 Å². The average Bonchev–Trinajstić information content (AvgIpc) is 2.90. The number of amides is 1. The van der Waals surface area contributed by atoms with Crippen molar-refractivity contribution in [2.75, 3.05) is 32.1 Å². The molecule has 4 rings (SSSR count). The topological polar surface area (TPSA) is 111 Å². The SMILES string of the molecule is CCOc1cc(-c2cc(NCCc3ccc(F)c4c(C(=O)NC)ccnc34)ncn2)cnc1OCC. The van der Waals surface area contributed by atoms with Crippen LogP contribution in [0, 0.1) is 5.82 Å². The van der Waals surface area contributed by atoms with E-state index in [1.807, 2.05) is 26.0 Å². The Morgan fingerprint density at radius 2 is 1.86 bits per heavy atom. The first-order valence-corrected chi connectivity index (χ1v) is 11.7. The van der Waals surface area contributed by atoms with Gasteiger partial charge in [0.25, 0.3) is 11.8 Å². The monoisotopic (exact) mass is 490 g/mol. The van der Waals surface area contributed by atoms with Crippen LogP contribution >= 0.6 is 0 Å². The minimum atomic E-state index is -0.482. The fourth-order valence-electron chi connectivity index (χ4n) is 3.82. The van der Waals surface area contributed by atoms with Gasteiger partial charge in [-0.3, -0.25) is 9.78 Å². The quantitative estimate of drug-likeness (QED) is 0.343. The molecule has 0 aliphatic carbocycles. The Kier molecular flexibility index (Phi) is 7.84. The molecular formula is C26H27FN6O3. The number of pyridine rings is 2. The summed E-state index contributed by atoms with van der Waals surface area (Å²) in [6, 6.07) is 8.23. The van der Waals surface area contributed by atoms with Crippen LogP contribution in [0.1, 0.15) is 29.8 Å². The van der Waals surface area contributed by atoms with Crippen molar-refractivity contribution in [3.63, 3.8) is 0 Å². The normalized spacial score (nSPS) is 10.8. The molecule has 0 aliphatic heterocycles. The Labute approximate surface area is 208 Å². The summed E-state index contributed by atoms with van der Waals surface area (Å²) in [7, 11) is 1.51. The second-order valence-electron chi connectivity index (χ2n) is 7.73. The molecule has 0 saturated heterocycles. The average molecular weight is 491 g/mol. The largest absolute Gasteiger partial charge is 0.488 e. The van der Waals surface area contributed by atoms with Gasteiger partial charge in [-0.2, -0.15) is 0 Å². The van der Waals surface area contributed by atoms with Crippen LogP contribution in [0.15, 0.2) is 49.1 Å². The summed E-state index contributed by atoms with van der Waals surface area (Å²) in [6.45, 7) is 5.27. The van der Waals surface area contributed by atoms with E-state index in [1.165, 1.54) is 31.7 Å². The Balaban J connectivity index is 1.52. The van der Waals surface area contributed by atoms with Crippen LogP contribution in [-0.2, 0) is 6.42 Å². The lowest BCUT2D eigenvalue weighted by molar-refractivity contribution is 0.0964. The van der Waals surface area contributed by atoms with Crippen LogP contribution in [-0.4, -0.2) is 52.6 Å². The minimum Gasteiger partial charge on any atom is -0.488 e. The van der Waals surface area contributed by atoms with Crippen molar-refractivity contribution in [2.24, 2.45) is 0 Å². The van der Waals surface area contributed by atoms with Gasteiger partial charge in [0.05, 0.1) is 30.0 Å². The fraction of sp³-hybridized carbons (Fsp3) is 0.269. The third-order valence-electron chi connectivity index (χ3n) is 5.46. The van der Waals surface area contributed by atoms with Crippen LogP contribution in [0.5, 0.6) is 11.6 Å². The zero-order chi connectivity index (χ0) is 25.5. The summed E-state index contributed by atoms with van der Waals surface area (Å²) >= 11 is 0. The van der Waals surface area contributed by atoms with Crippen LogP contribution in [0.4, 0.5) is 10.2 Å². The number of hydrogen-bond donors (Lipinski definition) is 2. The number of aromatic nitrogens is 4. The van der Waals surface area contributed by atoms with Gasteiger partial charge >= 0.3 is 0 Å². The number of rotatable bonds is 10. The highest BCUT2D eigenvalue weighted by Crippen LogP contribution is 2.30. The molecule has 0 unspecified atom stereocenters. The van der Waals surface area contributed by atoms with Crippen LogP contribution in [0.25, 0.3) is 22.2 Å². The molecule has 3 heterocycles. The van der Waals surface area contributed by atoms with Gasteiger partial charge in [-0.25, -0.2) is 19.3 Å². The Hall–Kier alpha value is -4.34. The van der Waals surface area contributed by atoms with Crippen molar-refractivity contribution < 1.29 is 18.7 Å². The predicted octanol–water partition coefficient (Wildman–Crippen LogP) is 4.04. The number of nitrogens with one attached hydrogen (secondary N) is 2. The molecule has 3 aromatic heterocycles. The number of hydrogen-bond acceptors (Lipinski definition) is 8. The van der Waals surface area contributed by atoms with Crippen molar-refractivity contribution in [2.45, 2.75) is 20.3 Å². The lowest BCUT2D eigenvalue weighted by atomic mass is 10.0. The van der Waals surface area contributed by atoms with E-state index in [0.29, 0.717) is 54.8 Å². The summed E-state index contributed by atoms with van der Waals surface area (Å²) in [5.41, 5.74) is 2.97. The van der Waals surface area contributed by atoms with Gasteiger partial charge in [-0.05, 0) is 44.0 Å². The Bertz CT molecular complexity index is 1380. The van der Waals surface area contributed by atoms with E-state index < -0.39 is 5.82 Å². The number of nitrogens with zero attached hydrogens (tertiary/aromatic N) is 4. The molecule has 4 aromatic rings. The van der Waals surface area contributed by atoms with Gasteiger partial charge in [0.15, 0.2) is 5.75 Å². The highest BCUT2D eigenvalue weighted by Gasteiger charge is 2.16. The van der Waals surface area contributed by atoms with Crippen LogP contribution < -0.4 is 20.1 Å². The highest BCUT2D eigenvalue weighted by molar-refractivity contribution is 6.06. The fourth-order valence-corrected chi connectivity index (χ4v) is 3.82. The number of halogens is 1. The van der Waals surface area contributed by atoms with Crippen molar-refractivity contribution >= 4 is 22.6 Å². The number of ether oxygens (including phenoxy) is 2. The summed E-state index contributed by atoms with van der Waals surface area (Å²) in [6.07, 6.45) is 5.21. The zero-order valence-electron chi connectivity index (χ0n) is 20.3. The number of benzene rings is 1. The molecule has 186 valence electrons. The maximum Gasteiger partial charge on any atom is 0.257 e. The molecule has 0 fully saturated rings. The molecule has 10 heteroatoms. The Morgan fingerprint density at radius 3 is 2.64 bits per heavy atom. The summed E-state index contributed by atoms with van der Waals surface area (Å²) in [5.74, 6) is 0.773. The summed E-state index contributed by atoms with van der Waals surface area (Å²) < 4.78 is 25.8. The van der Waals surface area contributed by atoms with Gasteiger partial charge < -0.3 is 20.1 Å². The van der Waals surface area contributed by atoms with E-state index in [9.17, 15) is 9.18 Å². The molecule has 0 aliphatic rings. The third-order valence-corrected chi connectivity index (χ3v) is 5.46. The summed E-state index contributed by atoms with van der Waals surface area (Å²) in [5, 5.41) is 6.03. The molecule has 2 N–H and O–H groups in total. The Morgan fingerprint density at radius 1 is 1.03 bits per heavy atom. The van der Waals surface area contributed by atoms with Gasteiger partial charge in [0, 0.05) is 43.0 Å². The predicted molar refractivity (Wildman–Crippen MR) is 135 cm³/mol. The summed E-state index contributed by atoms with van der Waals surface area (Å²) in [4.78, 5) is 29.6. The molecule has 0 saturated carbocycles. The molecule has 0 spiro atoms.